The van der Waals surface area contributed by atoms with Crippen molar-refractivity contribution in [1.29, 1.82) is 0 Å². The summed E-state index contributed by atoms with van der Waals surface area (Å²) in [6, 6.07) is 1.01. The van der Waals surface area contributed by atoms with Crippen LogP contribution in [0.4, 0.5) is 0 Å². The zero-order valence-corrected chi connectivity index (χ0v) is 11.4. The van der Waals surface area contributed by atoms with E-state index in [1.807, 2.05) is 6.92 Å². The van der Waals surface area contributed by atoms with E-state index in [4.69, 9.17) is 0 Å². The van der Waals surface area contributed by atoms with Gasteiger partial charge in [0, 0.05) is 6.04 Å². The van der Waals surface area contributed by atoms with Gasteiger partial charge >= 0.3 is 0 Å². The number of nitrogens with zero attached hydrogens (tertiary/aromatic N) is 3. The second kappa shape index (κ2) is 5.17. The first-order chi connectivity index (χ1) is 8.15. The van der Waals surface area contributed by atoms with E-state index in [1.54, 1.807) is 0 Å². The molecule has 17 heavy (non-hydrogen) atoms. The largest absolute Gasteiger partial charge is 0.315 e. The molecule has 1 aromatic rings. The SMILES string of the molecule is CCC1CCC(NC)C(n2nc(C)nc2C)C1. The number of nitrogens with one attached hydrogen (secondary N) is 1. The van der Waals surface area contributed by atoms with Gasteiger partial charge in [-0.2, -0.15) is 5.10 Å². The van der Waals surface area contributed by atoms with Gasteiger partial charge in [-0.15, -0.1) is 0 Å². The molecule has 0 amide bonds. The van der Waals surface area contributed by atoms with Crippen LogP contribution in [0.15, 0.2) is 0 Å². The fraction of sp³-hybridized carbons (Fsp3) is 0.846. The van der Waals surface area contributed by atoms with Crippen LogP contribution in [0.2, 0.25) is 0 Å². The maximum Gasteiger partial charge on any atom is 0.147 e. The number of aryl methyl sites for hydroxylation is 2. The maximum atomic E-state index is 4.57. The summed E-state index contributed by atoms with van der Waals surface area (Å²) in [4.78, 5) is 4.43. The Morgan fingerprint density at radius 1 is 1.35 bits per heavy atom. The Balaban J connectivity index is 2.23. The minimum Gasteiger partial charge on any atom is -0.315 e. The molecule has 1 fully saturated rings. The first-order valence-corrected chi connectivity index (χ1v) is 6.72. The molecule has 4 heteroatoms. The lowest BCUT2D eigenvalue weighted by Crippen LogP contribution is -2.40. The average molecular weight is 236 g/mol. The van der Waals surface area contributed by atoms with Gasteiger partial charge in [0.25, 0.3) is 0 Å². The molecule has 1 N–H and O–H groups in total. The molecule has 3 unspecified atom stereocenters. The van der Waals surface area contributed by atoms with E-state index < -0.39 is 0 Å². The summed E-state index contributed by atoms with van der Waals surface area (Å²) >= 11 is 0. The second-order valence-electron chi connectivity index (χ2n) is 5.20. The Hall–Kier alpha value is -0.900. The Labute approximate surface area is 104 Å². The van der Waals surface area contributed by atoms with Crippen LogP contribution in [-0.2, 0) is 0 Å². The van der Waals surface area contributed by atoms with Crippen molar-refractivity contribution in [3.63, 3.8) is 0 Å². The van der Waals surface area contributed by atoms with Gasteiger partial charge in [0.2, 0.25) is 0 Å². The van der Waals surface area contributed by atoms with E-state index in [0.717, 1.165) is 17.6 Å². The van der Waals surface area contributed by atoms with Crippen LogP contribution >= 0.6 is 0 Å². The van der Waals surface area contributed by atoms with E-state index in [0.29, 0.717) is 12.1 Å². The summed E-state index contributed by atoms with van der Waals surface area (Å²) < 4.78 is 2.14. The van der Waals surface area contributed by atoms with Gasteiger partial charge in [0.05, 0.1) is 6.04 Å². The molecule has 0 saturated heterocycles. The molecule has 1 aromatic heterocycles. The van der Waals surface area contributed by atoms with Crippen LogP contribution in [0.25, 0.3) is 0 Å². The quantitative estimate of drug-likeness (QED) is 0.875. The van der Waals surface area contributed by atoms with E-state index in [1.165, 1.54) is 25.7 Å². The zero-order valence-electron chi connectivity index (χ0n) is 11.4. The van der Waals surface area contributed by atoms with Crippen molar-refractivity contribution in [2.75, 3.05) is 7.05 Å². The molecule has 0 spiro atoms. The summed E-state index contributed by atoms with van der Waals surface area (Å²) in [5.74, 6) is 2.77. The van der Waals surface area contributed by atoms with Crippen molar-refractivity contribution in [3.8, 4) is 0 Å². The Bertz CT molecular complexity index is 371. The predicted octanol–water partition coefficient (Wildman–Crippen LogP) is 2.23. The highest BCUT2D eigenvalue weighted by Gasteiger charge is 2.31. The molecule has 0 radical (unpaired) electrons. The minimum atomic E-state index is 0.472. The number of likely N-dealkylation sites (N-methyl/N-ethyl adjacent to an activating group) is 1. The average Bonchev–Trinajstić information content (AvgIpc) is 2.67. The third-order valence-electron chi connectivity index (χ3n) is 4.10. The van der Waals surface area contributed by atoms with Gasteiger partial charge in [-0.05, 0) is 46.1 Å². The Kier molecular flexibility index (Phi) is 3.82. The van der Waals surface area contributed by atoms with Crippen LogP contribution in [0.5, 0.6) is 0 Å². The molecular formula is C13H24N4. The van der Waals surface area contributed by atoms with Gasteiger partial charge in [-0.1, -0.05) is 13.3 Å². The smallest absolute Gasteiger partial charge is 0.147 e. The molecule has 1 aliphatic rings. The van der Waals surface area contributed by atoms with Gasteiger partial charge in [0.15, 0.2) is 0 Å². The zero-order chi connectivity index (χ0) is 12.4. The van der Waals surface area contributed by atoms with Crippen LogP contribution in [0.3, 0.4) is 0 Å². The van der Waals surface area contributed by atoms with Crippen molar-refractivity contribution in [1.82, 2.24) is 20.1 Å². The molecule has 96 valence electrons. The van der Waals surface area contributed by atoms with Crippen molar-refractivity contribution in [2.24, 2.45) is 5.92 Å². The fourth-order valence-corrected chi connectivity index (χ4v) is 3.06. The van der Waals surface area contributed by atoms with Crippen molar-refractivity contribution < 1.29 is 0 Å². The van der Waals surface area contributed by atoms with Crippen molar-refractivity contribution in [3.05, 3.63) is 11.6 Å². The predicted molar refractivity (Wildman–Crippen MR) is 69.0 cm³/mol. The molecule has 1 saturated carbocycles. The summed E-state index contributed by atoms with van der Waals surface area (Å²) in [7, 11) is 2.06. The first-order valence-electron chi connectivity index (χ1n) is 6.72. The van der Waals surface area contributed by atoms with Crippen LogP contribution in [0, 0.1) is 19.8 Å². The summed E-state index contributed by atoms with van der Waals surface area (Å²) in [5.41, 5.74) is 0. The summed E-state index contributed by atoms with van der Waals surface area (Å²) in [6.07, 6.45) is 5.09. The highest BCUT2D eigenvalue weighted by molar-refractivity contribution is 4.95. The molecule has 0 aliphatic heterocycles. The first kappa shape index (κ1) is 12.6. The monoisotopic (exact) mass is 236 g/mol. The topological polar surface area (TPSA) is 42.7 Å². The Morgan fingerprint density at radius 3 is 2.65 bits per heavy atom. The molecule has 0 bridgehead atoms. The van der Waals surface area contributed by atoms with E-state index in [-0.39, 0.29) is 0 Å². The Morgan fingerprint density at radius 2 is 2.12 bits per heavy atom. The fourth-order valence-electron chi connectivity index (χ4n) is 3.06. The molecule has 4 nitrogen and oxygen atoms in total. The summed E-state index contributed by atoms with van der Waals surface area (Å²) in [5, 5.41) is 8.01. The highest BCUT2D eigenvalue weighted by Crippen LogP contribution is 2.34. The maximum absolute atomic E-state index is 4.57. The number of hydrogen-bond donors (Lipinski definition) is 1. The van der Waals surface area contributed by atoms with Gasteiger partial charge in [0.1, 0.15) is 11.6 Å². The van der Waals surface area contributed by atoms with Crippen molar-refractivity contribution in [2.45, 2.75) is 58.5 Å². The lowest BCUT2D eigenvalue weighted by molar-refractivity contribution is 0.194. The standard InChI is InChI=1S/C13H24N4/c1-5-11-6-7-12(14-4)13(8-11)17-10(3)15-9(2)16-17/h11-14H,5-8H2,1-4H3. The normalized spacial score (nSPS) is 29.5. The molecule has 1 aliphatic carbocycles. The lowest BCUT2D eigenvalue weighted by atomic mass is 9.81. The lowest BCUT2D eigenvalue weighted by Gasteiger charge is -2.36. The van der Waals surface area contributed by atoms with Gasteiger partial charge in [-0.3, -0.25) is 0 Å². The summed E-state index contributed by atoms with van der Waals surface area (Å²) in [6.45, 7) is 6.32. The van der Waals surface area contributed by atoms with E-state index >= 15 is 0 Å². The molecule has 3 atom stereocenters. The molecule has 0 aromatic carbocycles. The molecule has 2 rings (SSSR count). The third-order valence-corrected chi connectivity index (χ3v) is 4.10. The minimum absolute atomic E-state index is 0.472. The van der Waals surface area contributed by atoms with Crippen LogP contribution in [-0.4, -0.2) is 27.9 Å². The molecule has 1 heterocycles. The molecular weight excluding hydrogens is 212 g/mol. The third kappa shape index (κ3) is 2.51. The van der Waals surface area contributed by atoms with Gasteiger partial charge in [-0.25, -0.2) is 9.67 Å². The number of aromatic nitrogens is 3. The van der Waals surface area contributed by atoms with Crippen LogP contribution < -0.4 is 5.32 Å². The van der Waals surface area contributed by atoms with E-state index in [9.17, 15) is 0 Å². The van der Waals surface area contributed by atoms with Crippen molar-refractivity contribution >= 4 is 0 Å². The second-order valence-corrected chi connectivity index (χ2v) is 5.20. The number of hydrogen-bond acceptors (Lipinski definition) is 3. The highest BCUT2D eigenvalue weighted by atomic mass is 15.4. The van der Waals surface area contributed by atoms with Crippen LogP contribution in [0.1, 0.15) is 50.3 Å². The van der Waals surface area contributed by atoms with Gasteiger partial charge < -0.3 is 5.32 Å². The van der Waals surface area contributed by atoms with E-state index in [2.05, 4.69) is 41.0 Å². The number of rotatable bonds is 3.